The summed E-state index contributed by atoms with van der Waals surface area (Å²) in [6.45, 7) is 1.77. The average Bonchev–Trinajstić information content (AvgIpc) is 2.73. The topological polar surface area (TPSA) is 45.8 Å². The van der Waals surface area contributed by atoms with Crippen molar-refractivity contribution in [3.63, 3.8) is 0 Å². The summed E-state index contributed by atoms with van der Waals surface area (Å²) in [7, 11) is 0. The van der Waals surface area contributed by atoms with Crippen molar-refractivity contribution in [2.24, 2.45) is 0 Å². The zero-order valence-corrected chi connectivity index (χ0v) is 11.1. The van der Waals surface area contributed by atoms with Gasteiger partial charge in [0.15, 0.2) is 0 Å². The Kier molecular flexibility index (Phi) is 2.69. The molecule has 1 N–H and O–H groups in total. The number of halogens is 1. The van der Waals surface area contributed by atoms with E-state index >= 15 is 0 Å². The van der Waals surface area contributed by atoms with Gasteiger partial charge in [0.2, 0.25) is 0 Å². The Morgan fingerprint density at radius 3 is 2.83 bits per heavy atom. The van der Waals surface area contributed by atoms with Crippen LogP contribution < -0.4 is 5.56 Å². The lowest BCUT2D eigenvalue weighted by Gasteiger charge is -2.02. The van der Waals surface area contributed by atoms with Gasteiger partial charge in [-0.15, -0.1) is 11.3 Å². The Balaban J connectivity index is 2.39. The van der Waals surface area contributed by atoms with Crippen LogP contribution in [-0.2, 0) is 0 Å². The molecule has 0 bridgehead atoms. The molecule has 90 valence electrons. The highest BCUT2D eigenvalue weighted by atomic mass is 35.5. The van der Waals surface area contributed by atoms with Crippen LogP contribution in [0.15, 0.2) is 34.4 Å². The molecule has 2 aromatic heterocycles. The van der Waals surface area contributed by atoms with Gasteiger partial charge < -0.3 is 4.98 Å². The van der Waals surface area contributed by atoms with Gasteiger partial charge in [-0.3, -0.25) is 4.79 Å². The second-order valence-electron chi connectivity index (χ2n) is 3.96. The number of hydrogen-bond acceptors (Lipinski definition) is 3. The molecule has 1 aromatic carbocycles. The highest BCUT2D eigenvalue weighted by Gasteiger charge is 2.13. The Morgan fingerprint density at radius 2 is 2.06 bits per heavy atom. The molecule has 3 nitrogen and oxygen atoms in total. The molecule has 2 heterocycles. The van der Waals surface area contributed by atoms with Crippen molar-refractivity contribution in [1.29, 1.82) is 0 Å². The fourth-order valence-electron chi connectivity index (χ4n) is 1.93. The number of fused-ring (bicyclic) bond motifs is 1. The van der Waals surface area contributed by atoms with Gasteiger partial charge in [-0.05, 0) is 13.0 Å². The van der Waals surface area contributed by atoms with Crippen molar-refractivity contribution in [1.82, 2.24) is 9.97 Å². The lowest BCUT2D eigenvalue weighted by molar-refractivity contribution is 1.07. The molecule has 0 amide bonds. The normalized spacial score (nSPS) is 11.0. The maximum atomic E-state index is 12.0. The molecule has 0 spiro atoms. The third kappa shape index (κ3) is 1.74. The number of aromatic nitrogens is 2. The summed E-state index contributed by atoms with van der Waals surface area (Å²) < 4.78 is 0. The van der Waals surface area contributed by atoms with E-state index in [4.69, 9.17) is 11.6 Å². The molecule has 0 saturated carbocycles. The second kappa shape index (κ2) is 4.23. The van der Waals surface area contributed by atoms with Gasteiger partial charge in [0.05, 0.1) is 5.39 Å². The van der Waals surface area contributed by atoms with Gasteiger partial charge in [-0.25, -0.2) is 4.98 Å². The Labute approximate surface area is 112 Å². The standard InChI is InChI=1S/C13H9ClN2OS/c1-7-15-12(17)11-9(6-18-13(11)16-7)8-4-2-3-5-10(8)14/h2-6H,1H3,(H,15,16,17). The van der Waals surface area contributed by atoms with E-state index < -0.39 is 0 Å². The zero-order chi connectivity index (χ0) is 12.7. The van der Waals surface area contributed by atoms with Crippen LogP contribution in [0.4, 0.5) is 0 Å². The number of hydrogen-bond donors (Lipinski definition) is 1. The van der Waals surface area contributed by atoms with E-state index in [-0.39, 0.29) is 5.56 Å². The van der Waals surface area contributed by atoms with Crippen LogP contribution in [0.2, 0.25) is 5.02 Å². The molecule has 18 heavy (non-hydrogen) atoms. The Hall–Kier alpha value is -1.65. The summed E-state index contributed by atoms with van der Waals surface area (Å²) in [5, 5.41) is 3.17. The number of aryl methyl sites for hydroxylation is 1. The molecule has 0 unspecified atom stereocenters. The van der Waals surface area contributed by atoms with Crippen LogP contribution in [0.5, 0.6) is 0 Å². The maximum absolute atomic E-state index is 12.0. The third-order valence-electron chi connectivity index (χ3n) is 2.73. The molecular formula is C13H9ClN2OS. The van der Waals surface area contributed by atoms with Crippen molar-refractivity contribution in [2.75, 3.05) is 0 Å². The number of benzene rings is 1. The molecule has 3 rings (SSSR count). The van der Waals surface area contributed by atoms with E-state index in [9.17, 15) is 4.79 Å². The number of aromatic amines is 1. The molecule has 0 aliphatic rings. The minimum Gasteiger partial charge on any atom is -0.310 e. The second-order valence-corrected chi connectivity index (χ2v) is 5.23. The summed E-state index contributed by atoms with van der Waals surface area (Å²) in [4.78, 5) is 19.8. The van der Waals surface area contributed by atoms with Crippen LogP contribution in [0.1, 0.15) is 5.82 Å². The van der Waals surface area contributed by atoms with Crippen LogP contribution in [0.25, 0.3) is 21.3 Å². The number of nitrogens with one attached hydrogen (secondary N) is 1. The molecule has 0 radical (unpaired) electrons. The lowest BCUT2D eigenvalue weighted by atomic mass is 10.1. The highest BCUT2D eigenvalue weighted by molar-refractivity contribution is 7.17. The third-order valence-corrected chi connectivity index (χ3v) is 3.93. The fraction of sp³-hybridized carbons (Fsp3) is 0.0769. The number of rotatable bonds is 1. The molecule has 3 aromatic rings. The summed E-state index contributed by atoms with van der Waals surface area (Å²) >= 11 is 7.63. The Morgan fingerprint density at radius 1 is 1.28 bits per heavy atom. The van der Waals surface area contributed by atoms with Gasteiger partial charge in [0.1, 0.15) is 10.7 Å². The van der Waals surface area contributed by atoms with Gasteiger partial charge in [-0.1, -0.05) is 29.8 Å². The first-order valence-electron chi connectivity index (χ1n) is 5.40. The number of H-pyrrole nitrogens is 1. The van der Waals surface area contributed by atoms with E-state index in [1.54, 1.807) is 6.92 Å². The SMILES string of the molecule is Cc1nc2scc(-c3ccccc3Cl)c2c(=O)[nH]1. The monoisotopic (exact) mass is 276 g/mol. The first kappa shape index (κ1) is 11.4. The van der Waals surface area contributed by atoms with Gasteiger partial charge >= 0.3 is 0 Å². The predicted octanol–water partition coefficient (Wildman–Crippen LogP) is 3.61. The quantitative estimate of drug-likeness (QED) is 0.738. The van der Waals surface area contributed by atoms with Gasteiger partial charge in [0, 0.05) is 21.5 Å². The van der Waals surface area contributed by atoms with E-state index in [0.29, 0.717) is 16.2 Å². The largest absolute Gasteiger partial charge is 0.310 e. The molecule has 0 saturated heterocycles. The predicted molar refractivity (Wildman–Crippen MR) is 75.4 cm³/mol. The highest BCUT2D eigenvalue weighted by Crippen LogP contribution is 2.34. The average molecular weight is 277 g/mol. The molecule has 0 aliphatic carbocycles. The van der Waals surface area contributed by atoms with Crippen LogP contribution in [-0.4, -0.2) is 9.97 Å². The van der Waals surface area contributed by atoms with Crippen molar-refractivity contribution in [2.45, 2.75) is 6.92 Å². The van der Waals surface area contributed by atoms with Crippen molar-refractivity contribution < 1.29 is 0 Å². The fourth-order valence-corrected chi connectivity index (χ4v) is 3.16. The first-order chi connectivity index (χ1) is 8.66. The molecule has 0 aliphatic heterocycles. The van der Waals surface area contributed by atoms with Crippen LogP contribution in [0, 0.1) is 6.92 Å². The summed E-state index contributed by atoms with van der Waals surface area (Å²) in [5.41, 5.74) is 1.59. The Bertz CT molecular complexity index is 791. The minimum absolute atomic E-state index is 0.117. The van der Waals surface area contributed by atoms with E-state index in [2.05, 4.69) is 9.97 Å². The molecule has 5 heteroatoms. The zero-order valence-electron chi connectivity index (χ0n) is 9.53. The summed E-state index contributed by atoms with van der Waals surface area (Å²) in [6.07, 6.45) is 0. The lowest BCUT2D eigenvalue weighted by Crippen LogP contribution is -2.08. The van der Waals surface area contributed by atoms with E-state index in [0.717, 1.165) is 16.0 Å². The van der Waals surface area contributed by atoms with Crippen LogP contribution in [0.3, 0.4) is 0 Å². The minimum atomic E-state index is -0.117. The first-order valence-corrected chi connectivity index (χ1v) is 6.65. The number of thiophene rings is 1. The smallest absolute Gasteiger partial charge is 0.260 e. The van der Waals surface area contributed by atoms with Gasteiger partial charge in [0.25, 0.3) is 5.56 Å². The number of nitrogens with zero attached hydrogens (tertiary/aromatic N) is 1. The maximum Gasteiger partial charge on any atom is 0.260 e. The van der Waals surface area contributed by atoms with E-state index in [1.807, 2.05) is 29.6 Å². The van der Waals surface area contributed by atoms with Crippen LogP contribution >= 0.6 is 22.9 Å². The molecule has 0 fully saturated rings. The summed E-state index contributed by atoms with van der Waals surface area (Å²) in [5.74, 6) is 0.625. The van der Waals surface area contributed by atoms with Crippen molar-refractivity contribution >= 4 is 33.2 Å². The molecule has 0 atom stereocenters. The summed E-state index contributed by atoms with van der Waals surface area (Å²) in [6, 6.07) is 7.49. The van der Waals surface area contributed by atoms with Gasteiger partial charge in [-0.2, -0.15) is 0 Å². The molecular weight excluding hydrogens is 268 g/mol. The van der Waals surface area contributed by atoms with Crippen molar-refractivity contribution in [3.8, 4) is 11.1 Å². The van der Waals surface area contributed by atoms with E-state index in [1.165, 1.54) is 11.3 Å². The van der Waals surface area contributed by atoms with Crippen molar-refractivity contribution in [3.05, 3.63) is 50.8 Å².